The number of hydrogen-bond acceptors (Lipinski definition) is 3. The maximum atomic E-state index is 6.19. The summed E-state index contributed by atoms with van der Waals surface area (Å²) in [7, 11) is 0. The van der Waals surface area contributed by atoms with Gasteiger partial charge in [0, 0.05) is 23.4 Å². The SMILES string of the molecule is CCC[C@H]1Oc2ccccc2[C@H]2CC(c3ccc(Cl)cc3)=NN21. The minimum absolute atomic E-state index is 0.0182. The van der Waals surface area contributed by atoms with Crippen LogP contribution in [0.25, 0.3) is 0 Å². The van der Waals surface area contributed by atoms with Crippen molar-refractivity contribution in [2.24, 2.45) is 5.10 Å². The summed E-state index contributed by atoms with van der Waals surface area (Å²) in [4.78, 5) is 0. The Morgan fingerprint density at radius 3 is 2.74 bits per heavy atom. The number of hydrogen-bond donors (Lipinski definition) is 0. The highest BCUT2D eigenvalue weighted by Crippen LogP contribution is 2.43. The molecule has 0 spiro atoms. The highest BCUT2D eigenvalue weighted by atomic mass is 35.5. The third-order valence-electron chi connectivity index (χ3n) is 4.49. The lowest BCUT2D eigenvalue weighted by Crippen LogP contribution is -2.40. The zero-order chi connectivity index (χ0) is 15.8. The first-order chi connectivity index (χ1) is 11.3. The lowest BCUT2D eigenvalue weighted by molar-refractivity contribution is -0.0223. The molecule has 0 saturated carbocycles. The standard InChI is InChI=1S/C19H19ClN2O/c1-2-5-19-22-17(15-6-3-4-7-18(15)23-19)12-16(21-22)13-8-10-14(20)11-9-13/h3-4,6-11,17,19H,2,5,12H2,1H3/t17-,19-/m1/s1. The van der Waals surface area contributed by atoms with Gasteiger partial charge in [0.25, 0.3) is 0 Å². The van der Waals surface area contributed by atoms with Gasteiger partial charge < -0.3 is 4.74 Å². The fourth-order valence-corrected chi connectivity index (χ4v) is 3.49. The molecule has 3 nitrogen and oxygen atoms in total. The maximum absolute atomic E-state index is 6.19. The third-order valence-corrected chi connectivity index (χ3v) is 4.74. The molecule has 118 valence electrons. The highest BCUT2D eigenvalue weighted by Gasteiger charge is 2.39. The van der Waals surface area contributed by atoms with E-state index in [1.165, 1.54) is 5.56 Å². The molecule has 0 aromatic heterocycles. The van der Waals surface area contributed by atoms with Crippen LogP contribution in [0, 0.1) is 0 Å². The Balaban J connectivity index is 1.71. The van der Waals surface area contributed by atoms with Gasteiger partial charge in [-0.25, -0.2) is 0 Å². The highest BCUT2D eigenvalue weighted by molar-refractivity contribution is 6.30. The summed E-state index contributed by atoms with van der Waals surface area (Å²) < 4.78 is 6.19. The quantitative estimate of drug-likeness (QED) is 0.792. The van der Waals surface area contributed by atoms with Crippen molar-refractivity contribution < 1.29 is 4.74 Å². The van der Waals surface area contributed by atoms with E-state index in [2.05, 4.69) is 30.1 Å². The Hall–Kier alpha value is -2.00. The first-order valence-corrected chi connectivity index (χ1v) is 8.51. The van der Waals surface area contributed by atoms with Crippen LogP contribution in [-0.4, -0.2) is 16.9 Å². The molecule has 2 atom stereocenters. The van der Waals surface area contributed by atoms with Gasteiger partial charge in [0.05, 0.1) is 11.8 Å². The molecule has 0 unspecified atom stereocenters. The third kappa shape index (κ3) is 2.59. The fraction of sp³-hybridized carbons (Fsp3) is 0.316. The number of halogens is 1. The second-order valence-corrected chi connectivity index (χ2v) is 6.49. The van der Waals surface area contributed by atoms with Crippen LogP contribution in [0.4, 0.5) is 0 Å². The number of fused-ring (bicyclic) bond motifs is 3. The summed E-state index contributed by atoms with van der Waals surface area (Å²) >= 11 is 6.00. The normalized spacial score (nSPS) is 22.2. The van der Waals surface area contributed by atoms with Crippen molar-refractivity contribution in [3.63, 3.8) is 0 Å². The van der Waals surface area contributed by atoms with Gasteiger partial charge in [0.2, 0.25) is 0 Å². The number of hydrazone groups is 1. The molecule has 4 heteroatoms. The summed E-state index contributed by atoms with van der Waals surface area (Å²) in [5.74, 6) is 1.000. The van der Waals surface area contributed by atoms with Gasteiger partial charge in [-0.1, -0.05) is 55.3 Å². The van der Waals surface area contributed by atoms with Crippen LogP contribution in [0.15, 0.2) is 53.6 Å². The van der Waals surface area contributed by atoms with Crippen LogP contribution >= 0.6 is 11.6 Å². The van der Waals surface area contributed by atoms with E-state index < -0.39 is 0 Å². The monoisotopic (exact) mass is 326 g/mol. The Bertz CT molecular complexity index is 741. The van der Waals surface area contributed by atoms with E-state index in [-0.39, 0.29) is 12.3 Å². The predicted molar refractivity (Wildman–Crippen MR) is 93.0 cm³/mol. The first-order valence-electron chi connectivity index (χ1n) is 8.13. The van der Waals surface area contributed by atoms with Gasteiger partial charge in [-0.15, -0.1) is 0 Å². The molecule has 0 fully saturated rings. The fourth-order valence-electron chi connectivity index (χ4n) is 3.36. The lowest BCUT2D eigenvalue weighted by atomic mass is 9.96. The molecule has 0 radical (unpaired) electrons. The molecule has 2 aromatic rings. The van der Waals surface area contributed by atoms with Crippen molar-refractivity contribution in [2.45, 2.75) is 38.5 Å². The zero-order valence-electron chi connectivity index (χ0n) is 13.1. The number of rotatable bonds is 3. The molecule has 2 aromatic carbocycles. The van der Waals surface area contributed by atoms with Crippen molar-refractivity contribution >= 4 is 17.3 Å². The molecule has 0 N–H and O–H groups in total. The molecule has 4 rings (SSSR count). The maximum Gasteiger partial charge on any atom is 0.187 e. The van der Waals surface area contributed by atoms with E-state index >= 15 is 0 Å². The van der Waals surface area contributed by atoms with E-state index in [9.17, 15) is 0 Å². The molecule has 0 bridgehead atoms. The van der Waals surface area contributed by atoms with Gasteiger partial charge >= 0.3 is 0 Å². The molecule has 23 heavy (non-hydrogen) atoms. The van der Waals surface area contributed by atoms with Gasteiger partial charge in [-0.3, -0.25) is 5.01 Å². The van der Waals surface area contributed by atoms with Crippen molar-refractivity contribution in [3.05, 3.63) is 64.7 Å². The molecule has 2 heterocycles. The van der Waals surface area contributed by atoms with Crippen LogP contribution in [0.1, 0.15) is 43.4 Å². The van der Waals surface area contributed by atoms with Crippen molar-refractivity contribution in [1.82, 2.24) is 5.01 Å². The number of benzene rings is 2. The minimum atomic E-state index is 0.0182. The summed E-state index contributed by atoms with van der Waals surface area (Å²) in [5, 5.41) is 7.79. The van der Waals surface area contributed by atoms with Crippen LogP contribution in [0.5, 0.6) is 5.75 Å². The van der Waals surface area contributed by atoms with E-state index in [1.807, 2.05) is 30.3 Å². The Morgan fingerprint density at radius 2 is 1.96 bits per heavy atom. The summed E-state index contributed by atoms with van der Waals surface area (Å²) in [6.07, 6.45) is 2.97. The lowest BCUT2D eigenvalue weighted by Gasteiger charge is -2.38. The Labute approximate surface area is 141 Å². The summed E-state index contributed by atoms with van der Waals surface area (Å²) in [5.41, 5.74) is 3.47. The molecular formula is C19H19ClN2O. The largest absolute Gasteiger partial charge is 0.469 e. The van der Waals surface area contributed by atoms with Crippen LogP contribution in [0.2, 0.25) is 5.02 Å². The summed E-state index contributed by atoms with van der Waals surface area (Å²) in [6.45, 7) is 2.18. The molecular weight excluding hydrogens is 308 g/mol. The van der Waals surface area contributed by atoms with E-state index in [1.54, 1.807) is 0 Å². The van der Waals surface area contributed by atoms with Gasteiger partial charge in [0.15, 0.2) is 6.23 Å². The van der Waals surface area contributed by atoms with Gasteiger partial charge in [0.1, 0.15) is 5.75 Å². The van der Waals surface area contributed by atoms with Gasteiger partial charge in [-0.05, 0) is 23.8 Å². The minimum Gasteiger partial charge on any atom is -0.469 e. The predicted octanol–water partition coefficient (Wildman–Crippen LogP) is 5.01. The van der Waals surface area contributed by atoms with Crippen LogP contribution < -0.4 is 4.74 Å². The zero-order valence-corrected chi connectivity index (χ0v) is 13.8. The molecule has 0 amide bonds. The Morgan fingerprint density at radius 1 is 1.17 bits per heavy atom. The number of ether oxygens (including phenoxy) is 1. The average molecular weight is 327 g/mol. The molecule has 2 aliphatic heterocycles. The van der Waals surface area contributed by atoms with Crippen molar-refractivity contribution in [2.75, 3.05) is 0 Å². The smallest absolute Gasteiger partial charge is 0.187 e. The van der Waals surface area contributed by atoms with Crippen LogP contribution in [0.3, 0.4) is 0 Å². The van der Waals surface area contributed by atoms with Crippen molar-refractivity contribution in [1.29, 1.82) is 0 Å². The van der Waals surface area contributed by atoms with Crippen LogP contribution in [-0.2, 0) is 0 Å². The van der Waals surface area contributed by atoms with E-state index in [0.717, 1.165) is 41.3 Å². The Kier molecular flexibility index (Phi) is 3.74. The number of nitrogens with zero attached hydrogens (tertiary/aromatic N) is 2. The first kappa shape index (κ1) is 14.6. The molecule has 0 aliphatic carbocycles. The topological polar surface area (TPSA) is 24.8 Å². The van der Waals surface area contributed by atoms with E-state index in [0.29, 0.717) is 0 Å². The summed E-state index contributed by atoms with van der Waals surface area (Å²) in [6, 6.07) is 16.5. The second kappa shape index (κ2) is 5.89. The molecule has 0 saturated heterocycles. The average Bonchev–Trinajstić information content (AvgIpc) is 3.02. The second-order valence-electron chi connectivity index (χ2n) is 6.05. The molecule has 2 aliphatic rings. The number of para-hydroxylation sites is 1. The van der Waals surface area contributed by atoms with E-state index in [4.69, 9.17) is 21.4 Å². The van der Waals surface area contributed by atoms with Gasteiger partial charge in [-0.2, -0.15) is 5.10 Å². The van der Waals surface area contributed by atoms with Crippen molar-refractivity contribution in [3.8, 4) is 5.75 Å².